The fraction of sp³-hybridized carbons (Fsp3) is 0.500. The summed E-state index contributed by atoms with van der Waals surface area (Å²) in [5, 5.41) is 11.3. The molecule has 148 valence electrons. The van der Waals surface area contributed by atoms with E-state index < -0.39 is 0 Å². The Hall–Kier alpha value is -1.88. The largest absolute Gasteiger partial charge is 0.497 e. The minimum absolute atomic E-state index is 0. The van der Waals surface area contributed by atoms with Gasteiger partial charge >= 0.3 is 0 Å². The first-order valence-electron chi connectivity index (χ1n) is 8.73. The van der Waals surface area contributed by atoms with Gasteiger partial charge in [0.2, 0.25) is 0 Å². The van der Waals surface area contributed by atoms with Gasteiger partial charge in [0, 0.05) is 33.2 Å². The molecule has 27 heavy (non-hydrogen) atoms. The third-order valence-corrected chi connectivity index (χ3v) is 4.33. The quantitative estimate of drug-likeness (QED) is 0.368. The van der Waals surface area contributed by atoms with Crippen LogP contribution in [0.1, 0.15) is 23.6 Å². The summed E-state index contributed by atoms with van der Waals surface area (Å²) >= 11 is 0. The molecule has 0 amide bonds. The molecule has 2 N–H and O–H groups in total. The van der Waals surface area contributed by atoms with Crippen LogP contribution >= 0.6 is 24.0 Å². The van der Waals surface area contributed by atoms with E-state index in [-0.39, 0.29) is 30.0 Å². The second-order valence-electron chi connectivity index (χ2n) is 6.22. The maximum atomic E-state index is 5.26. The summed E-state index contributed by atoms with van der Waals surface area (Å²) in [6.07, 6.45) is 1.88. The number of aryl methyl sites for hydroxylation is 1. The van der Waals surface area contributed by atoms with Crippen LogP contribution in [0.4, 0.5) is 0 Å². The van der Waals surface area contributed by atoms with Crippen molar-refractivity contribution >= 4 is 29.9 Å². The second kappa shape index (κ2) is 10.5. The third-order valence-electron chi connectivity index (χ3n) is 4.33. The van der Waals surface area contributed by atoms with E-state index in [0.717, 1.165) is 48.3 Å². The fourth-order valence-corrected chi connectivity index (χ4v) is 3.02. The highest BCUT2D eigenvalue weighted by atomic mass is 127. The molecule has 1 atom stereocenters. The maximum Gasteiger partial charge on any atom is 0.191 e. The van der Waals surface area contributed by atoms with Crippen molar-refractivity contribution in [2.75, 3.05) is 21.3 Å². The lowest BCUT2D eigenvalue weighted by Gasteiger charge is -2.25. The average molecular weight is 486 g/mol. The number of hydrogen-bond acceptors (Lipinski definition) is 5. The number of ether oxygens (including phenoxy) is 2. The van der Waals surface area contributed by atoms with Crippen molar-refractivity contribution in [3.8, 4) is 5.75 Å². The predicted molar refractivity (Wildman–Crippen MR) is 115 cm³/mol. The van der Waals surface area contributed by atoms with Gasteiger partial charge in [-0.1, -0.05) is 12.1 Å². The Bertz CT molecular complexity index is 764. The molecule has 9 heteroatoms. The van der Waals surface area contributed by atoms with Gasteiger partial charge in [-0.25, -0.2) is 9.67 Å². The first kappa shape index (κ1) is 21.4. The van der Waals surface area contributed by atoms with Gasteiger partial charge in [-0.05, 0) is 24.1 Å². The molecule has 1 unspecified atom stereocenters. The van der Waals surface area contributed by atoms with Gasteiger partial charge in [0.25, 0.3) is 0 Å². The number of fused-ring (bicyclic) bond motifs is 1. The number of halogens is 1. The molecular formula is C18H27IN6O2. The molecule has 0 fully saturated rings. The fourth-order valence-electron chi connectivity index (χ4n) is 3.02. The molecule has 2 aromatic rings. The SMILES string of the molecule is CN=C(NCc1cccc(OC)c1)NC1CCc2nc(COC)nn2C1.I. The minimum Gasteiger partial charge on any atom is -0.497 e. The van der Waals surface area contributed by atoms with Crippen molar-refractivity contribution in [2.24, 2.45) is 4.99 Å². The van der Waals surface area contributed by atoms with Crippen LogP contribution in [-0.4, -0.2) is 48.0 Å². The third kappa shape index (κ3) is 5.80. The van der Waals surface area contributed by atoms with Gasteiger partial charge < -0.3 is 20.1 Å². The average Bonchev–Trinajstić information content (AvgIpc) is 3.07. The Morgan fingerprint density at radius 3 is 2.96 bits per heavy atom. The molecule has 0 radical (unpaired) electrons. The Morgan fingerprint density at radius 2 is 2.22 bits per heavy atom. The monoisotopic (exact) mass is 486 g/mol. The number of guanidine groups is 1. The van der Waals surface area contributed by atoms with Gasteiger partial charge in [-0.2, -0.15) is 5.10 Å². The first-order valence-corrected chi connectivity index (χ1v) is 8.73. The molecule has 0 bridgehead atoms. The van der Waals surface area contributed by atoms with E-state index in [1.165, 1.54) is 0 Å². The Labute approximate surface area is 176 Å². The van der Waals surface area contributed by atoms with E-state index in [2.05, 4.69) is 31.8 Å². The topological polar surface area (TPSA) is 85.6 Å². The van der Waals surface area contributed by atoms with Crippen LogP contribution in [-0.2, 0) is 30.9 Å². The van der Waals surface area contributed by atoms with Gasteiger partial charge in [0.1, 0.15) is 18.2 Å². The Kier molecular flexibility index (Phi) is 8.29. The summed E-state index contributed by atoms with van der Waals surface area (Å²) in [5.74, 6) is 3.39. The highest BCUT2D eigenvalue weighted by Crippen LogP contribution is 2.14. The van der Waals surface area contributed by atoms with Crippen molar-refractivity contribution in [3.63, 3.8) is 0 Å². The van der Waals surface area contributed by atoms with Gasteiger partial charge in [0.15, 0.2) is 11.8 Å². The van der Waals surface area contributed by atoms with Crippen molar-refractivity contribution in [1.29, 1.82) is 0 Å². The lowest BCUT2D eigenvalue weighted by Crippen LogP contribution is -2.46. The number of nitrogens with zero attached hydrogens (tertiary/aromatic N) is 4. The number of nitrogens with one attached hydrogen (secondary N) is 2. The molecule has 1 aromatic heterocycles. The number of rotatable bonds is 6. The molecule has 1 aliphatic rings. The summed E-state index contributed by atoms with van der Waals surface area (Å²) in [6, 6.07) is 8.25. The van der Waals surface area contributed by atoms with E-state index in [4.69, 9.17) is 9.47 Å². The second-order valence-corrected chi connectivity index (χ2v) is 6.22. The molecule has 2 heterocycles. The van der Waals surface area contributed by atoms with Gasteiger partial charge in [-0.3, -0.25) is 4.99 Å². The standard InChI is InChI=1S/C18H26N6O2.HI/c1-19-18(20-10-13-5-4-6-15(9-13)26-3)21-14-7-8-17-22-16(12-25-2)23-24(17)11-14;/h4-6,9,14H,7-8,10-12H2,1-3H3,(H2,19,20,21);1H. The molecule has 0 spiro atoms. The van der Waals surface area contributed by atoms with Crippen molar-refractivity contribution in [2.45, 2.75) is 38.6 Å². The normalized spacial score (nSPS) is 16.3. The van der Waals surface area contributed by atoms with Gasteiger partial charge in [0.05, 0.1) is 13.7 Å². The molecule has 0 aliphatic carbocycles. The number of hydrogen-bond donors (Lipinski definition) is 2. The maximum absolute atomic E-state index is 5.26. The van der Waals surface area contributed by atoms with Crippen molar-refractivity contribution < 1.29 is 9.47 Å². The van der Waals surface area contributed by atoms with Crippen LogP contribution in [0.3, 0.4) is 0 Å². The Balaban J connectivity index is 0.00000261. The summed E-state index contributed by atoms with van der Waals surface area (Å²) < 4.78 is 12.3. The zero-order valence-electron chi connectivity index (χ0n) is 15.9. The molecule has 3 rings (SSSR count). The number of methoxy groups -OCH3 is 2. The van der Waals surface area contributed by atoms with E-state index in [0.29, 0.717) is 13.2 Å². The highest BCUT2D eigenvalue weighted by Gasteiger charge is 2.22. The van der Waals surface area contributed by atoms with Crippen LogP contribution in [0.5, 0.6) is 5.75 Å². The van der Waals surface area contributed by atoms with E-state index >= 15 is 0 Å². The van der Waals surface area contributed by atoms with Crippen LogP contribution < -0.4 is 15.4 Å². The van der Waals surface area contributed by atoms with Crippen LogP contribution in [0, 0.1) is 0 Å². The molecule has 1 aliphatic heterocycles. The van der Waals surface area contributed by atoms with E-state index in [9.17, 15) is 0 Å². The molecule has 0 saturated carbocycles. The highest BCUT2D eigenvalue weighted by molar-refractivity contribution is 14.0. The lowest BCUT2D eigenvalue weighted by atomic mass is 10.1. The molecule has 1 aromatic carbocycles. The minimum atomic E-state index is 0. The summed E-state index contributed by atoms with van der Waals surface area (Å²) in [5.41, 5.74) is 1.14. The number of aliphatic imine (C=N–C) groups is 1. The summed E-state index contributed by atoms with van der Waals surface area (Å²) in [6.45, 7) is 1.89. The zero-order valence-corrected chi connectivity index (χ0v) is 18.3. The van der Waals surface area contributed by atoms with Crippen LogP contribution in [0.2, 0.25) is 0 Å². The Morgan fingerprint density at radius 1 is 1.37 bits per heavy atom. The lowest BCUT2D eigenvalue weighted by molar-refractivity contribution is 0.177. The smallest absolute Gasteiger partial charge is 0.191 e. The number of aromatic nitrogens is 3. The molecule has 8 nitrogen and oxygen atoms in total. The zero-order chi connectivity index (χ0) is 18.4. The van der Waals surface area contributed by atoms with E-state index in [1.807, 2.05) is 22.9 Å². The van der Waals surface area contributed by atoms with Gasteiger partial charge in [-0.15, -0.1) is 24.0 Å². The number of benzene rings is 1. The summed E-state index contributed by atoms with van der Waals surface area (Å²) in [7, 11) is 5.11. The first-order chi connectivity index (χ1) is 12.7. The summed E-state index contributed by atoms with van der Waals surface area (Å²) in [4.78, 5) is 8.84. The molecule has 0 saturated heterocycles. The predicted octanol–water partition coefficient (Wildman–Crippen LogP) is 1.73. The molecular weight excluding hydrogens is 459 g/mol. The van der Waals surface area contributed by atoms with Crippen LogP contribution in [0.15, 0.2) is 29.3 Å². The van der Waals surface area contributed by atoms with Crippen molar-refractivity contribution in [1.82, 2.24) is 25.4 Å². The van der Waals surface area contributed by atoms with Crippen molar-refractivity contribution in [3.05, 3.63) is 41.5 Å². The van der Waals surface area contributed by atoms with Crippen LogP contribution in [0.25, 0.3) is 0 Å². The van der Waals surface area contributed by atoms with E-state index in [1.54, 1.807) is 21.3 Å².